The molecule has 0 amide bonds. The van der Waals surface area contributed by atoms with E-state index in [9.17, 15) is 12.8 Å². The van der Waals surface area contributed by atoms with E-state index in [-0.39, 0.29) is 10.3 Å². The fourth-order valence-electron chi connectivity index (χ4n) is 2.54. The van der Waals surface area contributed by atoms with Crippen LogP contribution in [0.25, 0.3) is 0 Å². The number of benzene rings is 2. The fraction of sp³-hybridized carbons (Fsp3) is 0.250. The lowest BCUT2D eigenvalue weighted by Gasteiger charge is -2.24. The minimum Gasteiger partial charge on any atom is -0.496 e. The van der Waals surface area contributed by atoms with Gasteiger partial charge in [-0.25, -0.2) is 12.8 Å². The topological polar surface area (TPSA) is 46.6 Å². The monoisotopic (exact) mass is 431 g/mol. The summed E-state index contributed by atoms with van der Waals surface area (Å²) in [7, 11) is -2.10. The van der Waals surface area contributed by atoms with Gasteiger partial charge in [-0.05, 0) is 57.9 Å². The molecule has 128 valence electrons. The van der Waals surface area contributed by atoms with E-state index in [0.717, 1.165) is 22.2 Å². The van der Waals surface area contributed by atoms with E-state index in [0.29, 0.717) is 18.0 Å². The number of nitrogens with zero attached hydrogens (tertiary/aromatic N) is 1. The van der Waals surface area contributed by atoms with Gasteiger partial charge in [-0.1, -0.05) is 6.07 Å². The Morgan fingerprint density at radius 1 is 1.25 bits per heavy atom. The van der Waals surface area contributed by atoms with Gasteiger partial charge >= 0.3 is 0 Å². The predicted molar refractivity (Wildman–Crippen MR) is 96.2 cm³/mol. The van der Waals surface area contributed by atoms with Crippen molar-refractivity contribution in [2.75, 3.05) is 19.4 Å². The molecule has 0 saturated carbocycles. The van der Waals surface area contributed by atoms with Crippen molar-refractivity contribution in [3.8, 4) is 5.75 Å². The van der Waals surface area contributed by atoms with Crippen LogP contribution in [-0.4, -0.2) is 32.1 Å². The van der Waals surface area contributed by atoms with Crippen molar-refractivity contribution in [1.82, 2.24) is 4.31 Å². The number of hydrogen-bond acceptors (Lipinski definition) is 4. The molecular weight excluding hydrogens is 417 g/mol. The van der Waals surface area contributed by atoms with Crippen LogP contribution in [0.5, 0.6) is 5.75 Å². The third kappa shape index (κ3) is 3.33. The molecule has 3 rings (SSSR count). The number of thioether (sulfide) groups is 1. The molecule has 24 heavy (non-hydrogen) atoms. The fourth-order valence-corrected chi connectivity index (χ4v) is 6.33. The minimum absolute atomic E-state index is 0.101. The molecule has 1 aliphatic heterocycles. The molecule has 2 aromatic carbocycles. The first-order valence-electron chi connectivity index (χ1n) is 7.16. The van der Waals surface area contributed by atoms with Crippen LogP contribution in [0.15, 0.2) is 51.8 Å². The molecular formula is C16H15BrFNO3S2. The Balaban J connectivity index is 1.95. The number of hydrogen-bond donors (Lipinski definition) is 0. The Hall–Kier alpha value is -1.09. The molecule has 0 aromatic heterocycles. The first kappa shape index (κ1) is 17.7. The second kappa shape index (κ2) is 7.03. The number of halogens is 2. The third-order valence-corrected chi connectivity index (χ3v) is 7.62. The largest absolute Gasteiger partial charge is 0.496 e. The molecule has 0 bridgehead atoms. The quantitative estimate of drug-likeness (QED) is 0.732. The Labute approximate surface area is 153 Å². The average molecular weight is 432 g/mol. The van der Waals surface area contributed by atoms with Gasteiger partial charge in [0.25, 0.3) is 0 Å². The van der Waals surface area contributed by atoms with Crippen LogP contribution < -0.4 is 4.74 Å². The molecule has 0 N–H and O–H groups in total. The van der Waals surface area contributed by atoms with Gasteiger partial charge < -0.3 is 4.74 Å². The van der Waals surface area contributed by atoms with Crippen LogP contribution in [0.2, 0.25) is 0 Å². The van der Waals surface area contributed by atoms with Gasteiger partial charge in [0.15, 0.2) is 0 Å². The highest BCUT2D eigenvalue weighted by molar-refractivity contribution is 9.10. The normalized spacial score (nSPS) is 18.7. The first-order chi connectivity index (χ1) is 11.4. The Morgan fingerprint density at radius 2 is 1.96 bits per heavy atom. The number of sulfonamides is 1. The molecule has 0 spiro atoms. The number of rotatable bonds is 4. The minimum atomic E-state index is -3.68. The van der Waals surface area contributed by atoms with E-state index in [1.54, 1.807) is 24.9 Å². The van der Waals surface area contributed by atoms with Gasteiger partial charge in [-0.3, -0.25) is 0 Å². The first-order valence-corrected chi connectivity index (χ1v) is 10.4. The zero-order valence-electron chi connectivity index (χ0n) is 12.8. The Bertz CT molecular complexity index is 843. The molecule has 0 unspecified atom stereocenters. The van der Waals surface area contributed by atoms with Gasteiger partial charge in [-0.15, -0.1) is 11.8 Å². The number of ether oxygens (including phenoxy) is 1. The third-order valence-electron chi connectivity index (χ3n) is 3.73. The molecule has 0 aliphatic carbocycles. The van der Waals surface area contributed by atoms with Crippen LogP contribution >= 0.6 is 27.7 Å². The molecule has 0 radical (unpaired) electrons. The molecule has 4 nitrogen and oxygen atoms in total. The summed E-state index contributed by atoms with van der Waals surface area (Å²) in [6, 6.07) is 10.5. The van der Waals surface area contributed by atoms with Gasteiger partial charge in [-0.2, -0.15) is 4.31 Å². The zero-order chi connectivity index (χ0) is 17.3. The van der Waals surface area contributed by atoms with E-state index in [1.807, 2.05) is 12.1 Å². The number of methoxy groups -OCH3 is 1. The van der Waals surface area contributed by atoms with Crippen molar-refractivity contribution in [3.63, 3.8) is 0 Å². The SMILES string of the molecule is COc1ccc([C@H]2SCCN2S(=O)(=O)c2ccc(F)cc2)cc1Br. The Morgan fingerprint density at radius 3 is 2.58 bits per heavy atom. The van der Waals surface area contributed by atoms with Crippen molar-refractivity contribution in [3.05, 3.63) is 58.3 Å². The lowest BCUT2D eigenvalue weighted by atomic mass is 10.2. The van der Waals surface area contributed by atoms with Crippen molar-refractivity contribution in [2.24, 2.45) is 0 Å². The highest BCUT2D eigenvalue weighted by atomic mass is 79.9. The average Bonchev–Trinajstić information content (AvgIpc) is 3.05. The summed E-state index contributed by atoms with van der Waals surface area (Å²) in [4.78, 5) is 0.101. The molecule has 2 aromatic rings. The maximum atomic E-state index is 13.1. The smallest absolute Gasteiger partial charge is 0.244 e. The van der Waals surface area contributed by atoms with Crippen LogP contribution in [0, 0.1) is 5.82 Å². The van der Waals surface area contributed by atoms with Gasteiger partial charge in [0.05, 0.1) is 21.9 Å². The molecule has 1 fully saturated rings. The van der Waals surface area contributed by atoms with E-state index >= 15 is 0 Å². The van der Waals surface area contributed by atoms with Gasteiger partial charge in [0, 0.05) is 12.3 Å². The lowest BCUT2D eigenvalue weighted by molar-refractivity contribution is 0.410. The summed E-state index contributed by atoms with van der Waals surface area (Å²) < 4.78 is 46.3. The molecule has 8 heteroatoms. The van der Waals surface area contributed by atoms with Crippen molar-refractivity contribution in [1.29, 1.82) is 0 Å². The maximum Gasteiger partial charge on any atom is 0.244 e. The summed E-state index contributed by atoms with van der Waals surface area (Å²) in [6.07, 6.45) is 0. The predicted octanol–water partition coefficient (Wildman–Crippen LogP) is 4.03. The summed E-state index contributed by atoms with van der Waals surface area (Å²) in [6.45, 7) is 0.415. The summed E-state index contributed by atoms with van der Waals surface area (Å²) in [5, 5.41) is -0.317. The van der Waals surface area contributed by atoms with Crippen LogP contribution in [0.3, 0.4) is 0 Å². The zero-order valence-corrected chi connectivity index (χ0v) is 16.0. The summed E-state index contributed by atoms with van der Waals surface area (Å²) >= 11 is 5.00. The van der Waals surface area contributed by atoms with Crippen LogP contribution in [0.1, 0.15) is 10.9 Å². The summed E-state index contributed by atoms with van der Waals surface area (Å²) in [5.41, 5.74) is 0.871. The molecule has 1 aliphatic rings. The van der Waals surface area contributed by atoms with Crippen molar-refractivity contribution < 1.29 is 17.5 Å². The summed E-state index contributed by atoms with van der Waals surface area (Å²) in [5.74, 6) is 0.935. The van der Waals surface area contributed by atoms with Crippen LogP contribution in [0.4, 0.5) is 4.39 Å². The Kier molecular flexibility index (Phi) is 5.19. The van der Waals surface area contributed by atoms with E-state index in [4.69, 9.17) is 4.74 Å². The molecule has 1 saturated heterocycles. The highest BCUT2D eigenvalue weighted by Gasteiger charge is 2.37. The van der Waals surface area contributed by atoms with Gasteiger partial charge in [0.1, 0.15) is 11.6 Å². The van der Waals surface area contributed by atoms with Crippen molar-refractivity contribution in [2.45, 2.75) is 10.3 Å². The molecule has 1 atom stereocenters. The van der Waals surface area contributed by atoms with E-state index in [1.165, 1.54) is 16.4 Å². The van der Waals surface area contributed by atoms with E-state index in [2.05, 4.69) is 15.9 Å². The van der Waals surface area contributed by atoms with Crippen LogP contribution in [-0.2, 0) is 10.0 Å². The second-order valence-electron chi connectivity index (χ2n) is 5.19. The van der Waals surface area contributed by atoms with E-state index < -0.39 is 15.8 Å². The lowest BCUT2D eigenvalue weighted by Crippen LogP contribution is -2.30. The standard InChI is InChI=1S/C16H15BrFNO3S2/c1-22-15-7-2-11(10-14(15)17)16-19(8-9-23-16)24(20,21)13-5-3-12(18)4-6-13/h2-7,10,16H,8-9H2,1H3/t16-/m1/s1. The van der Waals surface area contributed by atoms with Gasteiger partial charge in [0.2, 0.25) is 10.0 Å². The van der Waals surface area contributed by atoms with Crippen molar-refractivity contribution >= 4 is 37.7 Å². The molecule has 1 heterocycles. The second-order valence-corrected chi connectivity index (χ2v) is 9.12. The maximum absolute atomic E-state index is 13.1. The highest BCUT2D eigenvalue weighted by Crippen LogP contribution is 2.43.